The molecule has 0 saturated carbocycles. The molecule has 0 saturated heterocycles. The second-order valence-electron chi connectivity index (χ2n) is 8.19. The number of fused-ring (bicyclic) bond motifs is 1. The molecular formula is C22H30N4O2. The number of benzene rings is 1. The largest absolute Gasteiger partial charge is 0.490 e. The van der Waals surface area contributed by atoms with Gasteiger partial charge in [-0.2, -0.15) is 4.98 Å². The fourth-order valence-electron chi connectivity index (χ4n) is 3.56. The van der Waals surface area contributed by atoms with E-state index in [0.29, 0.717) is 24.8 Å². The Labute approximate surface area is 167 Å². The molecule has 0 radical (unpaired) electrons. The lowest BCUT2D eigenvalue weighted by atomic mass is 9.87. The first-order valence-electron chi connectivity index (χ1n) is 9.76. The molecular weight excluding hydrogens is 352 g/mol. The fourth-order valence-corrected chi connectivity index (χ4v) is 3.56. The third-order valence-electron chi connectivity index (χ3n) is 4.59. The van der Waals surface area contributed by atoms with Crippen molar-refractivity contribution in [3.8, 4) is 11.5 Å². The van der Waals surface area contributed by atoms with E-state index in [4.69, 9.17) is 20.9 Å². The van der Waals surface area contributed by atoms with Gasteiger partial charge in [0.15, 0.2) is 11.5 Å². The van der Waals surface area contributed by atoms with Gasteiger partial charge < -0.3 is 20.9 Å². The van der Waals surface area contributed by atoms with Crippen molar-refractivity contribution in [3.05, 3.63) is 41.1 Å². The zero-order valence-electron chi connectivity index (χ0n) is 17.4. The molecule has 0 fully saturated rings. The summed E-state index contributed by atoms with van der Waals surface area (Å²) in [7, 11) is 0. The Morgan fingerprint density at radius 1 is 1.21 bits per heavy atom. The van der Waals surface area contributed by atoms with Crippen LogP contribution in [0.5, 0.6) is 11.5 Å². The maximum absolute atomic E-state index is 6.29. The predicted octanol–water partition coefficient (Wildman–Crippen LogP) is 4.23. The number of hydrogen-bond acceptors (Lipinski definition) is 6. The smallest absolute Gasteiger partial charge is 0.221 e. The monoisotopic (exact) mass is 382 g/mol. The van der Waals surface area contributed by atoms with Crippen molar-refractivity contribution in [2.24, 2.45) is 5.92 Å². The van der Waals surface area contributed by atoms with E-state index in [1.165, 1.54) is 5.57 Å². The van der Waals surface area contributed by atoms with Gasteiger partial charge in [0.2, 0.25) is 5.95 Å². The number of rotatable bonds is 6. The lowest BCUT2D eigenvalue weighted by Crippen LogP contribution is -2.29. The summed E-state index contributed by atoms with van der Waals surface area (Å²) in [6, 6.07) is 4.18. The molecule has 0 spiro atoms. The molecule has 6 heteroatoms. The summed E-state index contributed by atoms with van der Waals surface area (Å²) in [5.41, 5.74) is 15.6. The Kier molecular flexibility index (Phi) is 5.49. The van der Waals surface area contributed by atoms with Crippen molar-refractivity contribution >= 4 is 17.3 Å². The Bertz CT molecular complexity index is 904. The highest BCUT2D eigenvalue weighted by atomic mass is 16.5. The summed E-state index contributed by atoms with van der Waals surface area (Å²) in [6.45, 7) is 11.1. The van der Waals surface area contributed by atoms with Crippen LogP contribution in [0.1, 0.15) is 57.7 Å². The molecule has 0 atom stereocenters. The van der Waals surface area contributed by atoms with Gasteiger partial charge in [-0.3, -0.25) is 0 Å². The van der Waals surface area contributed by atoms with Gasteiger partial charge in [0.1, 0.15) is 11.4 Å². The van der Waals surface area contributed by atoms with Gasteiger partial charge in [0.25, 0.3) is 0 Å². The van der Waals surface area contributed by atoms with Gasteiger partial charge >= 0.3 is 0 Å². The van der Waals surface area contributed by atoms with Crippen LogP contribution >= 0.6 is 0 Å². The second-order valence-corrected chi connectivity index (χ2v) is 8.19. The van der Waals surface area contributed by atoms with Gasteiger partial charge in [0.05, 0.1) is 6.61 Å². The van der Waals surface area contributed by atoms with E-state index in [2.05, 4.69) is 49.8 Å². The minimum atomic E-state index is -0.375. The summed E-state index contributed by atoms with van der Waals surface area (Å²) in [4.78, 5) is 8.14. The first-order valence-corrected chi connectivity index (χ1v) is 9.76. The van der Waals surface area contributed by atoms with E-state index >= 15 is 0 Å². The van der Waals surface area contributed by atoms with E-state index in [1.807, 2.05) is 13.0 Å². The standard InChI is InChI=1S/C22H30N4O2/c1-6-27-18-10-14(8-16-12-25-21(24)26-20(16)23)9-17-15(7-13(2)3)11-22(4,5)28-19(17)18/h9-13H,6-8H2,1-5H3,(H4,23,24,25,26). The van der Waals surface area contributed by atoms with Gasteiger partial charge in [0, 0.05) is 23.7 Å². The molecule has 3 rings (SSSR count). The Morgan fingerprint density at radius 3 is 2.61 bits per heavy atom. The molecule has 28 heavy (non-hydrogen) atoms. The van der Waals surface area contributed by atoms with Crippen LogP contribution < -0.4 is 20.9 Å². The van der Waals surface area contributed by atoms with E-state index in [1.54, 1.807) is 6.20 Å². The molecule has 1 aromatic carbocycles. The summed E-state index contributed by atoms with van der Waals surface area (Å²) in [5.74, 6) is 2.69. The molecule has 1 aromatic heterocycles. The van der Waals surface area contributed by atoms with E-state index in [0.717, 1.165) is 34.6 Å². The van der Waals surface area contributed by atoms with E-state index in [9.17, 15) is 0 Å². The maximum Gasteiger partial charge on any atom is 0.221 e. The Balaban J connectivity index is 2.08. The van der Waals surface area contributed by atoms with Crippen molar-refractivity contribution < 1.29 is 9.47 Å². The topological polar surface area (TPSA) is 96.3 Å². The molecule has 0 unspecified atom stereocenters. The number of nitrogens with two attached hydrogens (primary N) is 2. The summed E-state index contributed by atoms with van der Waals surface area (Å²) >= 11 is 0. The van der Waals surface area contributed by atoms with Crippen LogP contribution in [0.3, 0.4) is 0 Å². The number of hydrogen-bond donors (Lipinski definition) is 2. The normalized spacial score (nSPS) is 15.0. The van der Waals surface area contributed by atoms with Crippen molar-refractivity contribution in [2.75, 3.05) is 18.1 Å². The Hall–Kier alpha value is -2.76. The molecule has 1 aliphatic rings. The number of aromatic nitrogens is 2. The predicted molar refractivity (Wildman–Crippen MR) is 113 cm³/mol. The zero-order valence-corrected chi connectivity index (χ0v) is 17.4. The molecule has 0 amide bonds. The average molecular weight is 383 g/mol. The van der Waals surface area contributed by atoms with Gasteiger partial charge in [-0.25, -0.2) is 4.98 Å². The van der Waals surface area contributed by atoms with Crippen LogP contribution in [0.2, 0.25) is 0 Å². The van der Waals surface area contributed by atoms with Crippen molar-refractivity contribution in [2.45, 2.75) is 53.1 Å². The first kappa shape index (κ1) is 20.0. The zero-order chi connectivity index (χ0) is 20.5. The van der Waals surface area contributed by atoms with Crippen LogP contribution in [-0.4, -0.2) is 22.2 Å². The SMILES string of the molecule is CCOc1cc(Cc2cnc(N)nc2N)cc2c1OC(C)(C)C=C2CC(C)C. The molecule has 0 bridgehead atoms. The summed E-state index contributed by atoms with van der Waals surface area (Å²) in [6.07, 6.45) is 5.47. The lowest BCUT2D eigenvalue weighted by molar-refractivity contribution is 0.148. The van der Waals surface area contributed by atoms with Crippen LogP contribution in [0.15, 0.2) is 24.4 Å². The highest BCUT2D eigenvalue weighted by molar-refractivity contribution is 5.77. The summed E-state index contributed by atoms with van der Waals surface area (Å²) in [5, 5.41) is 0. The molecule has 0 aliphatic carbocycles. The highest BCUT2D eigenvalue weighted by Gasteiger charge is 2.30. The van der Waals surface area contributed by atoms with E-state index in [-0.39, 0.29) is 11.5 Å². The van der Waals surface area contributed by atoms with Crippen molar-refractivity contribution in [1.82, 2.24) is 9.97 Å². The Morgan fingerprint density at radius 2 is 1.96 bits per heavy atom. The number of nitrogens with zero attached hydrogens (tertiary/aromatic N) is 2. The molecule has 2 heterocycles. The van der Waals surface area contributed by atoms with Crippen LogP contribution in [0.25, 0.3) is 5.57 Å². The van der Waals surface area contributed by atoms with E-state index < -0.39 is 0 Å². The van der Waals surface area contributed by atoms with Crippen LogP contribution in [-0.2, 0) is 6.42 Å². The number of anilines is 2. The second kappa shape index (κ2) is 7.70. The quantitative estimate of drug-likeness (QED) is 0.776. The molecule has 150 valence electrons. The molecule has 2 aromatic rings. The van der Waals surface area contributed by atoms with Gasteiger partial charge in [-0.1, -0.05) is 13.8 Å². The molecule has 6 nitrogen and oxygen atoms in total. The average Bonchev–Trinajstić information content (AvgIpc) is 2.57. The van der Waals surface area contributed by atoms with Gasteiger partial charge in [-0.05, 0) is 62.5 Å². The lowest BCUT2D eigenvalue weighted by Gasteiger charge is -2.33. The van der Waals surface area contributed by atoms with Crippen LogP contribution in [0.4, 0.5) is 11.8 Å². The number of allylic oxidation sites excluding steroid dienone is 1. The minimum Gasteiger partial charge on any atom is -0.490 e. The van der Waals surface area contributed by atoms with Crippen LogP contribution in [0, 0.1) is 5.92 Å². The molecule has 4 N–H and O–H groups in total. The van der Waals surface area contributed by atoms with Crippen molar-refractivity contribution in [1.29, 1.82) is 0 Å². The number of ether oxygens (including phenoxy) is 2. The highest BCUT2D eigenvalue weighted by Crippen LogP contribution is 2.45. The van der Waals surface area contributed by atoms with Crippen molar-refractivity contribution in [3.63, 3.8) is 0 Å². The summed E-state index contributed by atoms with van der Waals surface area (Å²) < 4.78 is 12.2. The molecule has 1 aliphatic heterocycles. The maximum atomic E-state index is 6.29. The third-order valence-corrected chi connectivity index (χ3v) is 4.59. The number of nitrogen functional groups attached to an aromatic ring is 2. The first-order chi connectivity index (χ1) is 13.2. The fraction of sp³-hybridized carbons (Fsp3) is 0.455. The van der Waals surface area contributed by atoms with Gasteiger partial charge in [-0.15, -0.1) is 0 Å². The third kappa shape index (κ3) is 4.38. The minimum absolute atomic E-state index is 0.180.